The highest BCUT2D eigenvalue weighted by Gasteiger charge is 2.26. The van der Waals surface area contributed by atoms with E-state index in [0.29, 0.717) is 12.2 Å². The van der Waals surface area contributed by atoms with Crippen LogP contribution >= 0.6 is 11.8 Å². The van der Waals surface area contributed by atoms with Crippen LogP contribution in [0, 0.1) is 0 Å². The Morgan fingerprint density at radius 1 is 1.06 bits per heavy atom. The molecule has 0 aliphatic rings. The summed E-state index contributed by atoms with van der Waals surface area (Å²) in [7, 11) is 0. The van der Waals surface area contributed by atoms with E-state index in [1.165, 1.54) is 18.7 Å². The highest BCUT2D eigenvalue weighted by atomic mass is 32.2. The summed E-state index contributed by atoms with van der Waals surface area (Å²) in [4.78, 5) is 51.6. The van der Waals surface area contributed by atoms with Gasteiger partial charge in [-0.2, -0.15) is 11.8 Å². The lowest BCUT2D eigenvalue weighted by atomic mass is 10.1. The molecule has 0 heterocycles. The Labute approximate surface area is 185 Å². The number of carbonyl (C=O) groups excluding carboxylic acids is 3. The third kappa shape index (κ3) is 12.7. The number of aliphatic hydroxyl groups is 1. The number of rotatable bonds is 15. The molecule has 4 atom stereocenters. The van der Waals surface area contributed by atoms with Gasteiger partial charge in [0.1, 0.15) is 18.1 Å². The number of amides is 3. The van der Waals surface area contributed by atoms with Gasteiger partial charge in [-0.15, -0.1) is 0 Å². The van der Waals surface area contributed by atoms with Gasteiger partial charge in [0.25, 0.3) is 0 Å². The molecule has 0 spiro atoms. The summed E-state index contributed by atoms with van der Waals surface area (Å²) in [5.74, 6) is -2.86. The molecule has 0 bridgehead atoms. The second-order valence-electron chi connectivity index (χ2n) is 6.73. The summed E-state index contributed by atoms with van der Waals surface area (Å²) >= 11 is 1.44. The standard InChI is InChI=1S/C17H33N7O6S/c1-9(25)13(18)15(28)22-8-12(26)23-10(5-7-31-2)14(27)24-11(16(29)30)4-3-6-21-17(19)20/h9-11,13,25H,3-8,18H2,1-2H3,(H,22,28)(H,23,26)(H,24,27)(H,29,30)(H4,19,20,21)/t9-,10+,11+,13+/m1/s1. The highest BCUT2D eigenvalue weighted by molar-refractivity contribution is 7.98. The summed E-state index contributed by atoms with van der Waals surface area (Å²) in [6.07, 6.45) is 1.39. The van der Waals surface area contributed by atoms with Crippen LogP contribution in [-0.4, -0.2) is 89.2 Å². The molecule has 0 aliphatic carbocycles. The largest absolute Gasteiger partial charge is 0.480 e. The van der Waals surface area contributed by atoms with Crippen molar-refractivity contribution in [2.75, 3.05) is 25.1 Å². The predicted octanol–water partition coefficient (Wildman–Crippen LogP) is -3.33. The molecule has 0 rings (SSSR count). The first-order valence-corrected chi connectivity index (χ1v) is 11.0. The predicted molar refractivity (Wildman–Crippen MR) is 117 cm³/mol. The lowest BCUT2D eigenvalue weighted by molar-refractivity contribution is -0.142. The maximum atomic E-state index is 12.6. The van der Waals surface area contributed by atoms with Crippen LogP contribution in [0.4, 0.5) is 0 Å². The second-order valence-corrected chi connectivity index (χ2v) is 7.72. The number of aliphatic carboxylic acids is 1. The van der Waals surface area contributed by atoms with Crippen LogP contribution < -0.4 is 33.2 Å². The number of nitrogens with two attached hydrogens (primary N) is 3. The van der Waals surface area contributed by atoms with Gasteiger partial charge in [-0.05, 0) is 38.2 Å². The quantitative estimate of drug-likeness (QED) is 0.0683. The number of hydrogen-bond donors (Lipinski definition) is 8. The number of guanidine groups is 1. The van der Waals surface area contributed by atoms with Crippen LogP contribution in [0.1, 0.15) is 26.2 Å². The summed E-state index contributed by atoms with van der Waals surface area (Å²) in [5, 5.41) is 25.8. The number of aliphatic hydroxyl groups excluding tert-OH is 1. The Balaban J connectivity index is 4.88. The Morgan fingerprint density at radius 2 is 1.71 bits per heavy atom. The molecule has 0 fully saturated rings. The molecule has 31 heavy (non-hydrogen) atoms. The molecule has 0 saturated carbocycles. The number of carboxylic acid groups (broad SMARTS) is 1. The molecule has 178 valence electrons. The van der Waals surface area contributed by atoms with Crippen molar-refractivity contribution in [1.29, 1.82) is 0 Å². The number of carbonyl (C=O) groups is 4. The molecule has 3 amide bonds. The fraction of sp³-hybridized carbons (Fsp3) is 0.706. The van der Waals surface area contributed by atoms with Crippen LogP contribution in [0.15, 0.2) is 4.99 Å². The first kappa shape index (κ1) is 28.4. The fourth-order valence-electron chi connectivity index (χ4n) is 2.29. The lowest BCUT2D eigenvalue weighted by Gasteiger charge is -2.21. The molecule has 0 radical (unpaired) electrons. The van der Waals surface area contributed by atoms with Crippen LogP contribution in [0.25, 0.3) is 0 Å². The zero-order valence-electron chi connectivity index (χ0n) is 17.7. The Morgan fingerprint density at radius 3 is 2.23 bits per heavy atom. The molecular formula is C17H33N7O6S. The van der Waals surface area contributed by atoms with E-state index in [1.54, 1.807) is 0 Å². The van der Waals surface area contributed by atoms with E-state index in [1.807, 2.05) is 6.26 Å². The average Bonchev–Trinajstić information content (AvgIpc) is 2.70. The number of hydrogen-bond acceptors (Lipinski definition) is 8. The first-order valence-electron chi connectivity index (χ1n) is 9.57. The third-order valence-corrected chi connectivity index (χ3v) is 4.71. The minimum atomic E-state index is -1.23. The van der Waals surface area contributed by atoms with Crippen molar-refractivity contribution in [2.24, 2.45) is 22.2 Å². The number of nitrogens with zero attached hydrogens (tertiary/aromatic N) is 1. The maximum Gasteiger partial charge on any atom is 0.326 e. The Bertz CT molecular complexity index is 642. The van der Waals surface area contributed by atoms with Crippen molar-refractivity contribution in [1.82, 2.24) is 16.0 Å². The van der Waals surface area contributed by atoms with Gasteiger partial charge in [0.2, 0.25) is 17.7 Å². The van der Waals surface area contributed by atoms with E-state index in [4.69, 9.17) is 17.2 Å². The lowest BCUT2D eigenvalue weighted by Crippen LogP contribution is -2.54. The third-order valence-electron chi connectivity index (χ3n) is 4.07. The Hall–Kier alpha value is -2.58. The van der Waals surface area contributed by atoms with Gasteiger partial charge >= 0.3 is 5.97 Å². The van der Waals surface area contributed by atoms with E-state index >= 15 is 0 Å². The topological polar surface area (TPSA) is 235 Å². The van der Waals surface area contributed by atoms with Crippen molar-refractivity contribution in [3.05, 3.63) is 0 Å². The summed E-state index contributed by atoms with van der Waals surface area (Å²) < 4.78 is 0. The molecule has 11 N–H and O–H groups in total. The summed E-state index contributed by atoms with van der Waals surface area (Å²) in [6, 6.07) is -3.38. The van der Waals surface area contributed by atoms with Crippen molar-refractivity contribution >= 4 is 41.4 Å². The van der Waals surface area contributed by atoms with E-state index in [-0.39, 0.29) is 25.3 Å². The van der Waals surface area contributed by atoms with Crippen LogP contribution in [-0.2, 0) is 19.2 Å². The normalized spacial score (nSPS) is 14.5. The average molecular weight is 464 g/mol. The molecule has 0 aromatic heterocycles. The smallest absolute Gasteiger partial charge is 0.326 e. The second kappa shape index (κ2) is 15.3. The van der Waals surface area contributed by atoms with E-state index in [0.717, 1.165) is 0 Å². The first-order chi connectivity index (χ1) is 14.5. The zero-order valence-corrected chi connectivity index (χ0v) is 18.5. The molecule has 0 aliphatic heterocycles. The van der Waals surface area contributed by atoms with Gasteiger partial charge in [-0.3, -0.25) is 19.4 Å². The van der Waals surface area contributed by atoms with Crippen molar-refractivity contribution in [3.8, 4) is 0 Å². The maximum absolute atomic E-state index is 12.6. The van der Waals surface area contributed by atoms with Crippen LogP contribution in [0.5, 0.6) is 0 Å². The van der Waals surface area contributed by atoms with E-state index < -0.39 is 54.5 Å². The van der Waals surface area contributed by atoms with Crippen molar-refractivity contribution in [2.45, 2.75) is 50.4 Å². The molecule has 0 aromatic rings. The molecule has 0 unspecified atom stereocenters. The number of nitrogens with one attached hydrogen (secondary N) is 3. The van der Waals surface area contributed by atoms with E-state index in [9.17, 15) is 29.4 Å². The molecular weight excluding hydrogens is 430 g/mol. The van der Waals surface area contributed by atoms with Gasteiger partial charge in [0.05, 0.1) is 12.6 Å². The van der Waals surface area contributed by atoms with Gasteiger partial charge < -0.3 is 43.4 Å². The van der Waals surface area contributed by atoms with Gasteiger partial charge in [0, 0.05) is 6.54 Å². The number of carboxylic acids is 1. The van der Waals surface area contributed by atoms with E-state index in [2.05, 4.69) is 20.9 Å². The molecule has 13 nitrogen and oxygen atoms in total. The zero-order chi connectivity index (χ0) is 24.0. The van der Waals surface area contributed by atoms with Gasteiger partial charge in [-0.25, -0.2) is 4.79 Å². The van der Waals surface area contributed by atoms with Crippen LogP contribution in [0.2, 0.25) is 0 Å². The number of thioether (sulfide) groups is 1. The molecule has 0 saturated heterocycles. The number of aliphatic imine (C=N–C) groups is 1. The molecule has 0 aromatic carbocycles. The minimum absolute atomic E-state index is 0.0916. The highest BCUT2D eigenvalue weighted by Crippen LogP contribution is 2.04. The van der Waals surface area contributed by atoms with Crippen molar-refractivity contribution in [3.63, 3.8) is 0 Å². The van der Waals surface area contributed by atoms with Gasteiger partial charge in [0.15, 0.2) is 5.96 Å². The monoisotopic (exact) mass is 463 g/mol. The minimum Gasteiger partial charge on any atom is -0.480 e. The fourth-order valence-corrected chi connectivity index (χ4v) is 2.76. The SMILES string of the molecule is CSCC[C@H](NC(=O)CNC(=O)[C@@H](N)[C@@H](C)O)C(=O)N[C@@H](CCCN=C(N)N)C(=O)O. The van der Waals surface area contributed by atoms with Crippen LogP contribution in [0.3, 0.4) is 0 Å². The van der Waals surface area contributed by atoms with Gasteiger partial charge in [-0.1, -0.05) is 0 Å². The Kier molecular flexibility index (Phi) is 14.0. The van der Waals surface area contributed by atoms with Crippen molar-refractivity contribution < 1.29 is 29.4 Å². The molecule has 14 heteroatoms. The summed E-state index contributed by atoms with van der Waals surface area (Å²) in [5.41, 5.74) is 15.9. The summed E-state index contributed by atoms with van der Waals surface area (Å²) in [6.45, 7) is 1.09.